The van der Waals surface area contributed by atoms with E-state index in [0.717, 1.165) is 27.8 Å². The summed E-state index contributed by atoms with van der Waals surface area (Å²) < 4.78 is 8.04. The zero-order chi connectivity index (χ0) is 23.5. The summed E-state index contributed by atoms with van der Waals surface area (Å²) in [6.45, 7) is 6.48. The van der Waals surface area contributed by atoms with Crippen LogP contribution in [0.5, 0.6) is 0 Å². The van der Waals surface area contributed by atoms with Gasteiger partial charge in [-0.2, -0.15) is 0 Å². The second kappa shape index (κ2) is 9.65. The number of benzene rings is 3. The van der Waals surface area contributed by atoms with Crippen molar-refractivity contribution in [3.63, 3.8) is 0 Å². The van der Waals surface area contributed by atoms with E-state index in [1.165, 1.54) is 22.9 Å². The molecule has 2 heterocycles. The molecule has 0 aliphatic carbocycles. The first-order valence-electron chi connectivity index (χ1n) is 11.2. The van der Waals surface area contributed by atoms with E-state index >= 15 is 0 Å². The van der Waals surface area contributed by atoms with Crippen molar-refractivity contribution in [3.8, 4) is 28.5 Å². The minimum atomic E-state index is 0.353. The van der Waals surface area contributed by atoms with Crippen LogP contribution in [-0.4, -0.2) is 25.0 Å². The highest BCUT2D eigenvalue weighted by atomic mass is 32.2. The molecule has 0 saturated carbocycles. The lowest BCUT2D eigenvalue weighted by molar-refractivity contribution is 0.528. The average molecular weight is 468 g/mol. The van der Waals surface area contributed by atoms with Crippen molar-refractivity contribution in [1.29, 1.82) is 0 Å². The van der Waals surface area contributed by atoms with Crippen molar-refractivity contribution < 1.29 is 4.42 Å². The number of rotatable bonds is 7. The van der Waals surface area contributed by atoms with Gasteiger partial charge in [0.2, 0.25) is 11.8 Å². The fraction of sp³-hybridized carbons (Fsp3) is 0.185. The van der Waals surface area contributed by atoms with Gasteiger partial charge in [0, 0.05) is 11.1 Å². The molecule has 0 saturated heterocycles. The van der Waals surface area contributed by atoms with Crippen LogP contribution in [0.2, 0.25) is 0 Å². The molecule has 0 amide bonds. The molecule has 0 N–H and O–H groups in total. The Bertz CT molecular complexity index is 1390. The maximum absolute atomic E-state index is 5.90. The molecule has 0 bridgehead atoms. The number of aromatic nitrogens is 5. The maximum atomic E-state index is 5.90. The molecule has 6 nitrogen and oxygen atoms in total. The molecular formula is C27H25N5OS. The van der Waals surface area contributed by atoms with E-state index in [2.05, 4.69) is 94.3 Å². The van der Waals surface area contributed by atoms with Crippen LogP contribution >= 0.6 is 11.8 Å². The quantitative estimate of drug-likeness (QED) is 0.248. The Labute approximate surface area is 203 Å². The lowest BCUT2D eigenvalue weighted by Crippen LogP contribution is -2.05. The molecule has 5 aromatic rings. The van der Waals surface area contributed by atoms with Crippen LogP contribution in [0.1, 0.15) is 36.8 Å². The van der Waals surface area contributed by atoms with Gasteiger partial charge in [-0.05, 0) is 36.6 Å². The van der Waals surface area contributed by atoms with Gasteiger partial charge in [-0.3, -0.25) is 4.57 Å². The second-order valence-electron chi connectivity index (χ2n) is 8.38. The van der Waals surface area contributed by atoms with Crippen LogP contribution in [0.25, 0.3) is 28.5 Å². The van der Waals surface area contributed by atoms with Crippen LogP contribution < -0.4 is 0 Å². The molecule has 0 radical (unpaired) electrons. The summed E-state index contributed by atoms with van der Waals surface area (Å²) in [7, 11) is 0. The number of hydrogen-bond donors (Lipinski definition) is 0. The lowest BCUT2D eigenvalue weighted by atomic mass is 10.0. The third-order valence-electron chi connectivity index (χ3n) is 5.56. The fourth-order valence-electron chi connectivity index (χ4n) is 3.79. The SMILES string of the molecule is Cc1ccc(-c2nnc(SCc3nnc(-c4ccccc4)o3)n2-c2ccccc2C(C)C)cc1. The zero-order valence-corrected chi connectivity index (χ0v) is 20.2. The third-order valence-corrected chi connectivity index (χ3v) is 6.47. The van der Waals surface area contributed by atoms with E-state index < -0.39 is 0 Å². The van der Waals surface area contributed by atoms with Crippen LogP contribution in [0.4, 0.5) is 0 Å². The maximum Gasteiger partial charge on any atom is 0.247 e. The van der Waals surface area contributed by atoms with Crippen LogP contribution in [0.3, 0.4) is 0 Å². The van der Waals surface area contributed by atoms with Crippen molar-refractivity contribution in [1.82, 2.24) is 25.0 Å². The van der Waals surface area contributed by atoms with Crippen LogP contribution in [0, 0.1) is 6.92 Å². The Morgan fingerprint density at radius 2 is 1.53 bits per heavy atom. The van der Waals surface area contributed by atoms with E-state index in [4.69, 9.17) is 4.42 Å². The molecule has 0 aliphatic rings. The summed E-state index contributed by atoms with van der Waals surface area (Å²) in [4.78, 5) is 0. The number of aryl methyl sites for hydroxylation is 1. The first kappa shape index (κ1) is 22.1. The molecule has 0 spiro atoms. The van der Waals surface area contributed by atoms with Gasteiger partial charge in [0.1, 0.15) is 0 Å². The van der Waals surface area contributed by atoms with E-state index in [9.17, 15) is 0 Å². The average Bonchev–Trinajstić information content (AvgIpc) is 3.51. The molecule has 0 unspecified atom stereocenters. The Kier molecular flexibility index (Phi) is 6.27. The second-order valence-corrected chi connectivity index (χ2v) is 9.32. The normalized spacial score (nSPS) is 11.3. The zero-order valence-electron chi connectivity index (χ0n) is 19.3. The summed E-state index contributed by atoms with van der Waals surface area (Å²) in [5.74, 6) is 2.73. The molecule has 34 heavy (non-hydrogen) atoms. The molecule has 0 atom stereocenters. The third kappa shape index (κ3) is 4.52. The van der Waals surface area contributed by atoms with Crippen molar-refractivity contribution >= 4 is 11.8 Å². The van der Waals surface area contributed by atoms with Crippen LogP contribution in [0.15, 0.2) is 88.4 Å². The number of thioether (sulfide) groups is 1. The van der Waals surface area contributed by atoms with Gasteiger partial charge in [-0.1, -0.05) is 91.8 Å². The first-order chi connectivity index (χ1) is 16.6. The summed E-state index contributed by atoms with van der Waals surface area (Å²) in [5.41, 5.74) is 5.45. The molecule has 7 heteroatoms. The first-order valence-corrected chi connectivity index (χ1v) is 12.2. The summed E-state index contributed by atoms with van der Waals surface area (Å²) in [6.07, 6.45) is 0. The molecule has 0 aliphatic heterocycles. The Hall–Kier alpha value is -3.71. The highest BCUT2D eigenvalue weighted by Gasteiger charge is 2.20. The van der Waals surface area contributed by atoms with Crippen molar-refractivity contribution in [2.45, 2.75) is 37.6 Å². The largest absolute Gasteiger partial charge is 0.420 e. The highest BCUT2D eigenvalue weighted by Crippen LogP contribution is 2.33. The van der Waals surface area contributed by atoms with E-state index in [1.807, 2.05) is 30.3 Å². The van der Waals surface area contributed by atoms with E-state index in [1.54, 1.807) is 0 Å². The van der Waals surface area contributed by atoms with Gasteiger partial charge in [0.25, 0.3) is 0 Å². The number of nitrogens with zero attached hydrogens (tertiary/aromatic N) is 5. The number of para-hydroxylation sites is 1. The molecule has 2 aromatic heterocycles. The Balaban J connectivity index is 1.51. The van der Waals surface area contributed by atoms with Gasteiger partial charge in [-0.15, -0.1) is 20.4 Å². The molecule has 170 valence electrons. The van der Waals surface area contributed by atoms with E-state index in [0.29, 0.717) is 23.5 Å². The summed E-state index contributed by atoms with van der Waals surface area (Å²) in [5, 5.41) is 18.4. The number of hydrogen-bond acceptors (Lipinski definition) is 6. The molecule has 0 fully saturated rings. The Morgan fingerprint density at radius 1 is 0.794 bits per heavy atom. The summed E-state index contributed by atoms with van der Waals surface area (Å²) in [6, 6.07) is 26.6. The van der Waals surface area contributed by atoms with Crippen molar-refractivity contribution in [2.75, 3.05) is 0 Å². The monoisotopic (exact) mass is 467 g/mol. The lowest BCUT2D eigenvalue weighted by Gasteiger charge is -2.16. The van der Waals surface area contributed by atoms with Gasteiger partial charge in [-0.25, -0.2) is 0 Å². The van der Waals surface area contributed by atoms with Crippen molar-refractivity contribution in [3.05, 3.63) is 95.9 Å². The minimum absolute atomic E-state index is 0.353. The minimum Gasteiger partial charge on any atom is -0.420 e. The van der Waals surface area contributed by atoms with Gasteiger partial charge in [0.15, 0.2) is 11.0 Å². The standard InChI is InChI=1S/C27H25N5OS/c1-18(2)22-11-7-8-12-23(22)32-25(20-15-13-19(3)14-16-20)29-31-27(32)34-17-24-28-30-26(33-24)21-9-5-4-6-10-21/h4-16,18H,17H2,1-3H3. The van der Waals surface area contributed by atoms with Gasteiger partial charge < -0.3 is 4.42 Å². The van der Waals surface area contributed by atoms with E-state index in [-0.39, 0.29) is 0 Å². The molecular weight excluding hydrogens is 442 g/mol. The Morgan fingerprint density at radius 3 is 2.29 bits per heavy atom. The molecule has 5 rings (SSSR count). The summed E-state index contributed by atoms with van der Waals surface area (Å²) >= 11 is 1.54. The predicted octanol–water partition coefficient (Wildman–Crippen LogP) is 6.71. The molecule has 3 aromatic carbocycles. The van der Waals surface area contributed by atoms with Gasteiger partial charge >= 0.3 is 0 Å². The fourth-order valence-corrected chi connectivity index (χ4v) is 4.57. The highest BCUT2D eigenvalue weighted by molar-refractivity contribution is 7.98. The topological polar surface area (TPSA) is 69.6 Å². The smallest absolute Gasteiger partial charge is 0.247 e. The van der Waals surface area contributed by atoms with Gasteiger partial charge in [0.05, 0.1) is 11.4 Å². The van der Waals surface area contributed by atoms with Crippen LogP contribution in [-0.2, 0) is 5.75 Å². The van der Waals surface area contributed by atoms with Crippen molar-refractivity contribution in [2.24, 2.45) is 0 Å². The predicted molar refractivity (Wildman–Crippen MR) is 135 cm³/mol.